The van der Waals surface area contributed by atoms with E-state index in [-0.39, 0.29) is 16.6 Å². The molecule has 2 aromatic carbocycles. The Hall–Kier alpha value is -2.25. The van der Waals surface area contributed by atoms with Crippen LogP contribution >= 0.6 is 0 Å². The average molecular weight is 320 g/mol. The van der Waals surface area contributed by atoms with Gasteiger partial charge in [-0.3, -0.25) is 4.55 Å². The third kappa shape index (κ3) is 3.90. The van der Waals surface area contributed by atoms with Crippen molar-refractivity contribution in [2.24, 2.45) is 10.2 Å². The predicted molar refractivity (Wildman–Crippen MR) is 82.6 cm³/mol. The maximum atomic E-state index is 10.9. The summed E-state index contributed by atoms with van der Waals surface area (Å²) in [5.74, 6) is 0.371. The molecule has 0 amide bonds. The number of phenols is 1. The first-order chi connectivity index (χ1) is 10.3. The summed E-state index contributed by atoms with van der Waals surface area (Å²) in [5, 5.41) is 17.8. The van der Waals surface area contributed by atoms with Crippen LogP contribution in [0.25, 0.3) is 0 Å². The Bertz CT molecular complexity index is 797. The minimum absolute atomic E-state index is 0.157. The normalized spacial score (nSPS) is 12.2. The SMILES string of the molecule is CC(C)c1cc(N=Nc2ccc(S(=O)(=O)O)cc2)ccc1O. The van der Waals surface area contributed by atoms with E-state index in [4.69, 9.17) is 4.55 Å². The molecule has 0 fully saturated rings. The molecule has 0 radical (unpaired) electrons. The van der Waals surface area contributed by atoms with Gasteiger partial charge in [-0.05, 0) is 53.9 Å². The Labute approximate surface area is 128 Å². The van der Waals surface area contributed by atoms with Gasteiger partial charge in [0.15, 0.2) is 0 Å². The summed E-state index contributed by atoms with van der Waals surface area (Å²) in [7, 11) is -4.21. The molecule has 116 valence electrons. The zero-order chi connectivity index (χ0) is 16.3. The minimum atomic E-state index is -4.21. The average Bonchev–Trinajstić information content (AvgIpc) is 2.45. The molecule has 0 spiro atoms. The van der Waals surface area contributed by atoms with Crippen molar-refractivity contribution in [2.75, 3.05) is 0 Å². The first-order valence-electron chi connectivity index (χ1n) is 6.59. The minimum Gasteiger partial charge on any atom is -0.508 e. The van der Waals surface area contributed by atoms with Crippen molar-refractivity contribution in [3.8, 4) is 5.75 Å². The molecule has 2 aromatic rings. The van der Waals surface area contributed by atoms with Gasteiger partial charge >= 0.3 is 0 Å². The lowest BCUT2D eigenvalue weighted by Gasteiger charge is -2.08. The lowest BCUT2D eigenvalue weighted by molar-refractivity contribution is 0.465. The molecule has 0 aliphatic rings. The lowest BCUT2D eigenvalue weighted by Crippen LogP contribution is -1.96. The number of phenolic OH excluding ortho intramolecular Hbond substituents is 1. The highest BCUT2D eigenvalue weighted by atomic mass is 32.2. The smallest absolute Gasteiger partial charge is 0.294 e. The molecule has 0 heterocycles. The van der Waals surface area contributed by atoms with Crippen molar-refractivity contribution in [3.05, 3.63) is 48.0 Å². The number of benzene rings is 2. The number of rotatable bonds is 4. The van der Waals surface area contributed by atoms with E-state index in [1.54, 1.807) is 18.2 Å². The van der Waals surface area contributed by atoms with Gasteiger partial charge in [0.05, 0.1) is 16.3 Å². The topological polar surface area (TPSA) is 99.3 Å². The van der Waals surface area contributed by atoms with E-state index in [0.717, 1.165) is 5.56 Å². The fourth-order valence-electron chi connectivity index (χ4n) is 1.87. The highest BCUT2D eigenvalue weighted by Gasteiger charge is 2.08. The molecular formula is C15H16N2O4S. The standard InChI is InChI=1S/C15H16N2O4S/c1-10(2)14-9-12(5-8-15(14)18)17-16-11-3-6-13(7-4-11)22(19,20)21/h3-10,18H,1-2H3,(H,19,20,21). The highest BCUT2D eigenvalue weighted by Crippen LogP contribution is 2.30. The third-order valence-corrected chi connectivity index (χ3v) is 3.92. The zero-order valence-electron chi connectivity index (χ0n) is 12.1. The Morgan fingerprint density at radius 1 is 0.955 bits per heavy atom. The largest absolute Gasteiger partial charge is 0.508 e. The summed E-state index contributed by atoms with van der Waals surface area (Å²) in [5.41, 5.74) is 1.81. The first kappa shape index (κ1) is 16.1. The Kier molecular flexibility index (Phi) is 4.58. The van der Waals surface area contributed by atoms with Crippen LogP contribution in [0.2, 0.25) is 0 Å². The number of azo groups is 1. The van der Waals surface area contributed by atoms with Gasteiger partial charge in [0.2, 0.25) is 0 Å². The summed E-state index contributed by atoms with van der Waals surface area (Å²) in [4.78, 5) is -0.196. The van der Waals surface area contributed by atoms with E-state index in [1.165, 1.54) is 24.3 Å². The van der Waals surface area contributed by atoms with Crippen LogP contribution in [-0.4, -0.2) is 18.1 Å². The molecule has 22 heavy (non-hydrogen) atoms. The maximum absolute atomic E-state index is 10.9. The van der Waals surface area contributed by atoms with Crippen molar-refractivity contribution in [1.82, 2.24) is 0 Å². The molecule has 0 unspecified atom stereocenters. The van der Waals surface area contributed by atoms with Crippen LogP contribution in [0.15, 0.2) is 57.6 Å². The second-order valence-electron chi connectivity index (χ2n) is 5.07. The molecule has 6 nitrogen and oxygen atoms in total. The van der Waals surface area contributed by atoms with Gasteiger partial charge in [-0.15, -0.1) is 0 Å². The van der Waals surface area contributed by atoms with E-state index in [9.17, 15) is 13.5 Å². The molecule has 2 N–H and O–H groups in total. The van der Waals surface area contributed by atoms with Crippen LogP contribution in [0.3, 0.4) is 0 Å². The van der Waals surface area contributed by atoms with E-state index >= 15 is 0 Å². The van der Waals surface area contributed by atoms with E-state index in [1.807, 2.05) is 13.8 Å². The molecule has 0 aliphatic heterocycles. The fraction of sp³-hybridized carbons (Fsp3) is 0.200. The van der Waals surface area contributed by atoms with Gasteiger partial charge in [0, 0.05) is 0 Å². The number of nitrogens with zero attached hydrogens (tertiary/aromatic N) is 2. The van der Waals surface area contributed by atoms with Crippen molar-refractivity contribution < 1.29 is 18.1 Å². The molecule has 0 saturated heterocycles. The quantitative estimate of drug-likeness (QED) is 0.652. The van der Waals surface area contributed by atoms with E-state index in [0.29, 0.717) is 11.4 Å². The fourth-order valence-corrected chi connectivity index (χ4v) is 2.35. The van der Waals surface area contributed by atoms with Gasteiger partial charge in [-0.2, -0.15) is 18.6 Å². The zero-order valence-corrected chi connectivity index (χ0v) is 12.9. The summed E-state index contributed by atoms with van der Waals surface area (Å²) < 4.78 is 30.8. The van der Waals surface area contributed by atoms with Crippen LogP contribution in [0.4, 0.5) is 11.4 Å². The van der Waals surface area contributed by atoms with Crippen molar-refractivity contribution in [3.63, 3.8) is 0 Å². The van der Waals surface area contributed by atoms with Crippen LogP contribution in [-0.2, 0) is 10.1 Å². The van der Waals surface area contributed by atoms with Crippen molar-refractivity contribution >= 4 is 21.5 Å². The van der Waals surface area contributed by atoms with Gasteiger partial charge in [-0.25, -0.2) is 0 Å². The van der Waals surface area contributed by atoms with E-state index in [2.05, 4.69) is 10.2 Å². The number of hydrogen-bond donors (Lipinski definition) is 2. The van der Waals surface area contributed by atoms with Crippen LogP contribution in [0.1, 0.15) is 25.3 Å². The molecule has 0 atom stereocenters. The number of aromatic hydroxyl groups is 1. The van der Waals surface area contributed by atoms with Crippen LogP contribution in [0, 0.1) is 0 Å². The van der Waals surface area contributed by atoms with Crippen LogP contribution < -0.4 is 0 Å². The summed E-state index contributed by atoms with van der Waals surface area (Å²) >= 11 is 0. The monoisotopic (exact) mass is 320 g/mol. The number of hydrogen-bond acceptors (Lipinski definition) is 5. The predicted octanol–water partition coefficient (Wildman–Crippen LogP) is 4.18. The highest BCUT2D eigenvalue weighted by molar-refractivity contribution is 7.85. The molecule has 0 bridgehead atoms. The first-order valence-corrected chi connectivity index (χ1v) is 8.03. The molecule has 0 aromatic heterocycles. The van der Waals surface area contributed by atoms with Gasteiger partial charge < -0.3 is 5.11 Å². The molecule has 0 aliphatic carbocycles. The summed E-state index contributed by atoms with van der Waals surface area (Å²) in [6.45, 7) is 3.92. The summed E-state index contributed by atoms with van der Waals surface area (Å²) in [6, 6.07) is 10.3. The van der Waals surface area contributed by atoms with E-state index < -0.39 is 10.1 Å². The van der Waals surface area contributed by atoms with Crippen LogP contribution in [0.5, 0.6) is 5.75 Å². The lowest BCUT2D eigenvalue weighted by atomic mass is 10.0. The third-order valence-electron chi connectivity index (χ3n) is 3.05. The van der Waals surface area contributed by atoms with Crippen molar-refractivity contribution in [1.29, 1.82) is 0 Å². The van der Waals surface area contributed by atoms with Gasteiger partial charge in [0.1, 0.15) is 5.75 Å². The molecular weight excluding hydrogens is 304 g/mol. The Morgan fingerprint density at radius 3 is 2.05 bits per heavy atom. The van der Waals surface area contributed by atoms with Gasteiger partial charge in [-0.1, -0.05) is 13.8 Å². The van der Waals surface area contributed by atoms with Crippen molar-refractivity contribution in [2.45, 2.75) is 24.7 Å². The second kappa shape index (κ2) is 6.25. The Morgan fingerprint density at radius 2 is 1.50 bits per heavy atom. The molecule has 7 heteroatoms. The summed E-state index contributed by atoms with van der Waals surface area (Å²) in [6.07, 6.45) is 0. The van der Waals surface area contributed by atoms with Gasteiger partial charge in [0.25, 0.3) is 10.1 Å². The molecule has 0 saturated carbocycles. The second-order valence-corrected chi connectivity index (χ2v) is 6.49. The Balaban J connectivity index is 2.24. The molecule has 2 rings (SSSR count). The maximum Gasteiger partial charge on any atom is 0.294 e.